The number of hydrogen-bond donors (Lipinski definition) is 1. The van der Waals surface area contributed by atoms with Crippen LogP contribution >= 0.6 is 0 Å². The van der Waals surface area contributed by atoms with E-state index in [1.54, 1.807) is 0 Å². The molecule has 0 bridgehead atoms. The van der Waals surface area contributed by atoms with Crippen LogP contribution in [0.3, 0.4) is 0 Å². The number of phenolic OH excluding ortho intramolecular Hbond substituents is 1. The molecule has 8 aromatic rings. The Morgan fingerprint density at radius 1 is 0.700 bits per heavy atom. The number of hydrogen-bond acceptors (Lipinski definition) is 3. The van der Waals surface area contributed by atoms with Gasteiger partial charge in [-0.2, -0.15) is 0 Å². The predicted octanol–water partition coefficient (Wildman–Crippen LogP) is 14.9. The van der Waals surface area contributed by atoms with Crippen LogP contribution in [0, 0.1) is 6.07 Å². The van der Waals surface area contributed by atoms with E-state index < -0.39 is 53.7 Å². The van der Waals surface area contributed by atoms with Crippen LogP contribution in [0.15, 0.2) is 139 Å². The van der Waals surface area contributed by atoms with Crippen molar-refractivity contribution in [3.05, 3.63) is 168 Å². The van der Waals surface area contributed by atoms with Gasteiger partial charge in [0.25, 0.3) is 0 Å². The maximum absolute atomic E-state index is 12.2. The number of rotatable bonds is 9. The summed E-state index contributed by atoms with van der Waals surface area (Å²) >= 11 is 0. The second-order valence-corrected chi connectivity index (χ2v) is 17.0. The van der Waals surface area contributed by atoms with E-state index in [9.17, 15) is 7.85 Å². The van der Waals surface area contributed by atoms with Crippen LogP contribution in [0.1, 0.15) is 115 Å². The number of fused-ring (bicyclic) bond motifs is 1. The van der Waals surface area contributed by atoms with E-state index in [0.29, 0.717) is 39.1 Å². The molecule has 0 aliphatic carbocycles. The molecule has 0 spiro atoms. The number of phenols is 1. The summed E-state index contributed by atoms with van der Waals surface area (Å²) in [5.74, 6) is -0.248. The Morgan fingerprint density at radius 3 is 2.12 bits per heavy atom. The summed E-state index contributed by atoms with van der Waals surface area (Å²) in [6.07, 6.45) is -0.530. The summed E-state index contributed by atoms with van der Waals surface area (Å²) in [6.45, 7) is 18.2. The Kier molecular flexibility index (Phi) is 9.23. The topological polar surface area (TPSA) is 50.9 Å². The summed E-state index contributed by atoms with van der Waals surface area (Å²) in [7, 11) is 0. The molecule has 0 amide bonds. The van der Waals surface area contributed by atoms with Crippen LogP contribution in [-0.2, 0) is 26.5 Å². The van der Waals surface area contributed by atoms with Crippen molar-refractivity contribution in [3.63, 3.8) is 0 Å². The van der Waals surface area contributed by atoms with Crippen LogP contribution in [0.2, 0.25) is 0 Å². The fourth-order valence-electron chi connectivity index (χ4n) is 7.56. The van der Waals surface area contributed by atoms with Gasteiger partial charge < -0.3 is 5.11 Å². The first-order chi connectivity index (χ1) is 31.9. The molecular formula is C55H54N3OPt-. The molecule has 0 aliphatic rings. The van der Waals surface area contributed by atoms with Gasteiger partial charge in [0.2, 0.25) is 0 Å². The molecular weight excluding hydrogens is 914 g/mol. The predicted molar refractivity (Wildman–Crippen MR) is 248 cm³/mol. The molecule has 0 radical (unpaired) electrons. The summed E-state index contributed by atoms with van der Waals surface area (Å²) in [5.41, 5.74) is 8.37. The van der Waals surface area contributed by atoms with E-state index in [1.165, 1.54) is 0 Å². The third-order valence-electron chi connectivity index (χ3n) is 10.9. The molecule has 1 N–H and O–H groups in total. The fourth-order valence-corrected chi connectivity index (χ4v) is 7.56. The maximum atomic E-state index is 12.2. The van der Waals surface area contributed by atoms with E-state index in [0.717, 1.165) is 39.1 Å². The fraction of sp³-hybridized carbons (Fsp3) is 0.236. The zero-order valence-corrected chi connectivity index (χ0v) is 37.7. The average molecular weight is 977 g/mol. The smallest absolute Gasteiger partial charge is 0.148 e. The number of nitrogens with zero attached hydrogens (tertiary/aromatic N) is 3. The van der Waals surface area contributed by atoms with Crippen LogP contribution < -0.4 is 0 Å². The average Bonchev–Trinajstić information content (AvgIpc) is 3.69. The van der Waals surface area contributed by atoms with Gasteiger partial charge in [0.1, 0.15) is 11.6 Å². The van der Waals surface area contributed by atoms with Gasteiger partial charge in [-0.1, -0.05) is 164 Å². The number of aromatic nitrogens is 3. The Hall–Kier alpha value is -5.57. The van der Waals surface area contributed by atoms with Gasteiger partial charge in [-0.15, -0.1) is 29.3 Å². The van der Waals surface area contributed by atoms with Crippen molar-refractivity contribution in [1.82, 2.24) is 14.5 Å². The van der Waals surface area contributed by atoms with Crippen molar-refractivity contribution in [3.8, 4) is 67.5 Å². The van der Waals surface area contributed by atoms with Gasteiger partial charge in [0.15, 0.2) is 0 Å². The number of para-hydroxylation sites is 1. The molecule has 306 valence electrons. The van der Waals surface area contributed by atoms with Crippen LogP contribution in [0.5, 0.6) is 5.75 Å². The van der Waals surface area contributed by atoms with E-state index >= 15 is 0 Å². The third kappa shape index (κ3) is 8.28. The molecule has 0 fully saturated rings. The standard InChI is InChI=1S/C55H54N3O.Pt/c1-34(2)40-30-48(36(5)6)53(59)49(31-40)54-57-52-46(21-16-22-51(52)58(54)44-23-24-45(47(33-44)35(3)4)38-19-14-11-15-20-38)41-27-42(29-43(28-41)55(7,8)9)50-32-39(25-26-56-50)37-17-12-10-13-18-37;/h10-26,28-36,59H,1-9H3;/q-1;/i10D,12D,13D,17D,18D,25D,26D,32D,35D;. The van der Waals surface area contributed by atoms with Crippen molar-refractivity contribution in [2.75, 3.05) is 0 Å². The van der Waals surface area contributed by atoms with Crippen molar-refractivity contribution < 1.29 is 38.5 Å². The Morgan fingerprint density at radius 2 is 1.43 bits per heavy atom. The van der Waals surface area contributed by atoms with Gasteiger partial charge >= 0.3 is 0 Å². The molecule has 8 rings (SSSR count). The molecule has 0 atom stereocenters. The van der Waals surface area contributed by atoms with E-state index in [1.807, 2.05) is 124 Å². The normalized spacial score (nSPS) is 14.1. The number of aromatic hydroxyl groups is 1. The molecule has 60 heavy (non-hydrogen) atoms. The first-order valence-corrected chi connectivity index (χ1v) is 20.1. The molecule has 2 aromatic heterocycles. The minimum absolute atomic E-state index is 0. The number of imidazole rings is 1. The molecule has 4 nitrogen and oxygen atoms in total. The third-order valence-corrected chi connectivity index (χ3v) is 10.9. The van der Waals surface area contributed by atoms with E-state index in [-0.39, 0.29) is 61.5 Å². The second kappa shape index (κ2) is 17.2. The van der Waals surface area contributed by atoms with Gasteiger partial charge in [0.05, 0.1) is 27.6 Å². The largest absolute Gasteiger partial charge is 0.507 e. The molecule has 6 aromatic carbocycles. The first-order valence-electron chi connectivity index (χ1n) is 24.6. The van der Waals surface area contributed by atoms with Gasteiger partial charge in [-0.3, -0.25) is 9.55 Å². The molecule has 2 heterocycles. The van der Waals surface area contributed by atoms with Crippen LogP contribution in [0.25, 0.3) is 72.7 Å². The monoisotopic (exact) mass is 976 g/mol. The molecule has 0 saturated heterocycles. The molecule has 0 unspecified atom stereocenters. The van der Waals surface area contributed by atoms with Crippen molar-refractivity contribution in [1.29, 1.82) is 0 Å². The minimum atomic E-state index is -1.00. The number of benzene rings is 6. The number of pyridine rings is 1. The molecule has 0 saturated carbocycles. The van der Waals surface area contributed by atoms with Gasteiger partial charge in [0, 0.05) is 40.0 Å². The summed E-state index contributed by atoms with van der Waals surface area (Å²) in [5, 5.41) is 12.2. The van der Waals surface area contributed by atoms with Crippen molar-refractivity contribution >= 4 is 11.0 Å². The zero-order valence-electron chi connectivity index (χ0n) is 44.4. The van der Waals surface area contributed by atoms with Crippen molar-refractivity contribution in [2.24, 2.45) is 0 Å². The van der Waals surface area contributed by atoms with E-state index in [2.05, 4.69) is 44.8 Å². The Bertz CT molecular complexity index is 3290. The summed E-state index contributed by atoms with van der Waals surface area (Å²) < 4.78 is 80.7. The zero-order chi connectivity index (χ0) is 49.5. The first kappa shape index (κ1) is 32.2. The second-order valence-electron chi connectivity index (χ2n) is 17.0. The summed E-state index contributed by atoms with van der Waals surface area (Å²) in [4.78, 5) is 9.86. The van der Waals surface area contributed by atoms with Crippen LogP contribution in [-0.4, -0.2) is 19.6 Å². The van der Waals surface area contributed by atoms with Crippen molar-refractivity contribution in [2.45, 2.75) is 85.5 Å². The molecule has 0 aliphatic heterocycles. The van der Waals surface area contributed by atoms with Crippen LogP contribution in [0.4, 0.5) is 0 Å². The van der Waals surface area contributed by atoms with Gasteiger partial charge in [-0.05, 0) is 92.4 Å². The molecule has 5 heteroatoms. The Labute approximate surface area is 383 Å². The SMILES string of the molecule is [2H]c1nc(-c2[c-]c(-c3cccc4c3nc(-c3cc(C(C)C)cc(C(C)C)c3O)n4-c3ccc(-c4ccccc4)c(C([2H])(C)C)c3)cc(C(C)(C)C)c2)c([2H])c(-c2c([2H])c([2H])c([2H])c([2H])c2[2H])c1[2H].[Pt]. The maximum Gasteiger partial charge on any atom is 0.148 e. The van der Waals surface area contributed by atoms with Gasteiger partial charge in [-0.25, -0.2) is 4.98 Å². The Balaban J connectivity index is 0.00000703. The van der Waals surface area contributed by atoms with E-state index in [4.69, 9.17) is 14.6 Å². The summed E-state index contributed by atoms with van der Waals surface area (Å²) in [6, 6.07) is 29.4. The minimum Gasteiger partial charge on any atom is -0.507 e. The quantitative estimate of drug-likeness (QED) is 0.147.